The van der Waals surface area contributed by atoms with Crippen molar-refractivity contribution in [3.63, 3.8) is 0 Å². The normalized spacial score (nSPS) is 12.0. The van der Waals surface area contributed by atoms with Crippen molar-refractivity contribution >= 4 is 39.7 Å². The third-order valence-electron chi connectivity index (χ3n) is 2.89. The number of thioether (sulfide) groups is 1. The van der Waals surface area contributed by atoms with Crippen LogP contribution in [0.15, 0.2) is 4.47 Å². The molecule has 0 aliphatic carbocycles. The van der Waals surface area contributed by atoms with Gasteiger partial charge in [-0.1, -0.05) is 0 Å². The van der Waals surface area contributed by atoms with E-state index in [0.29, 0.717) is 12.2 Å². The molecule has 2 amide bonds. The Hall–Kier alpha value is -1.22. The van der Waals surface area contributed by atoms with Crippen LogP contribution in [-0.4, -0.2) is 44.9 Å². The number of carbonyl (C=O) groups is 2. The van der Waals surface area contributed by atoms with Gasteiger partial charge in [0, 0.05) is 7.05 Å². The summed E-state index contributed by atoms with van der Waals surface area (Å²) >= 11 is 4.95. The minimum Gasteiger partial charge on any atom is -0.480 e. The van der Waals surface area contributed by atoms with Gasteiger partial charge < -0.3 is 15.7 Å². The van der Waals surface area contributed by atoms with Crippen molar-refractivity contribution in [2.24, 2.45) is 7.05 Å². The second kappa shape index (κ2) is 8.28. The van der Waals surface area contributed by atoms with Crippen LogP contribution in [0.5, 0.6) is 0 Å². The van der Waals surface area contributed by atoms with Crippen LogP contribution in [0.4, 0.5) is 4.79 Å². The largest absolute Gasteiger partial charge is 0.480 e. The number of nitrogens with zero attached hydrogens (tertiary/aromatic N) is 2. The van der Waals surface area contributed by atoms with Gasteiger partial charge in [-0.05, 0) is 41.3 Å². The lowest BCUT2D eigenvalue weighted by Crippen LogP contribution is -2.46. The van der Waals surface area contributed by atoms with Crippen molar-refractivity contribution in [3.8, 4) is 0 Å². The number of rotatable bonds is 7. The maximum atomic E-state index is 11.8. The Kier molecular flexibility index (Phi) is 7.03. The summed E-state index contributed by atoms with van der Waals surface area (Å²) in [6.45, 7) is 2.12. The first kappa shape index (κ1) is 17.8. The number of aromatic nitrogens is 2. The molecule has 1 heterocycles. The summed E-state index contributed by atoms with van der Waals surface area (Å²) in [6, 6.07) is -1.39. The molecule has 0 saturated heterocycles. The Balaban J connectivity index is 2.54. The molecule has 118 valence electrons. The molecule has 7 nitrogen and oxygen atoms in total. The maximum absolute atomic E-state index is 11.8. The molecule has 0 bridgehead atoms. The summed E-state index contributed by atoms with van der Waals surface area (Å²) in [5.41, 5.74) is 1.65. The van der Waals surface area contributed by atoms with Crippen molar-refractivity contribution < 1.29 is 14.7 Å². The van der Waals surface area contributed by atoms with E-state index >= 15 is 0 Å². The highest BCUT2D eigenvalue weighted by Gasteiger charge is 2.19. The molecule has 0 fully saturated rings. The van der Waals surface area contributed by atoms with Crippen LogP contribution in [0.25, 0.3) is 0 Å². The first-order valence-corrected chi connectivity index (χ1v) is 8.49. The van der Waals surface area contributed by atoms with Gasteiger partial charge in [-0.15, -0.1) is 0 Å². The Bertz CT molecular complexity index is 521. The molecule has 1 aromatic heterocycles. The number of carboxylic acid groups (broad SMARTS) is 1. The van der Waals surface area contributed by atoms with Gasteiger partial charge in [-0.25, -0.2) is 9.59 Å². The van der Waals surface area contributed by atoms with Gasteiger partial charge in [0.15, 0.2) is 0 Å². The number of hydrogen-bond donors (Lipinski definition) is 3. The van der Waals surface area contributed by atoms with Crippen LogP contribution in [0.1, 0.15) is 17.8 Å². The molecule has 21 heavy (non-hydrogen) atoms. The van der Waals surface area contributed by atoms with E-state index in [1.807, 2.05) is 13.2 Å². The smallest absolute Gasteiger partial charge is 0.326 e. The van der Waals surface area contributed by atoms with Crippen LogP contribution >= 0.6 is 27.7 Å². The molecule has 3 N–H and O–H groups in total. The SMILES string of the molecule is CSCCC(NC(=O)NCc1c(Br)c(C)nn1C)C(=O)O. The Morgan fingerprint density at radius 1 is 1.52 bits per heavy atom. The maximum Gasteiger partial charge on any atom is 0.326 e. The lowest BCUT2D eigenvalue weighted by atomic mass is 10.2. The topological polar surface area (TPSA) is 96.3 Å². The van der Waals surface area contributed by atoms with Gasteiger partial charge in [0.1, 0.15) is 6.04 Å². The highest BCUT2D eigenvalue weighted by atomic mass is 79.9. The number of halogens is 1. The van der Waals surface area contributed by atoms with E-state index in [-0.39, 0.29) is 6.54 Å². The molecule has 0 radical (unpaired) electrons. The molecule has 1 unspecified atom stereocenters. The zero-order valence-corrected chi connectivity index (χ0v) is 14.5. The van der Waals surface area contributed by atoms with Gasteiger partial charge in [-0.3, -0.25) is 4.68 Å². The van der Waals surface area contributed by atoms with Gasteiger partial charge in [0.25, 0.3) is 0 Å². The number of aliphatic carboxylic acids is 1. The predicted molar refractivity (Wildman–Crippen MR) is 85.4 cm³/mol. The quantitative estimate of drug-likeness (QED) is 0.667. The predicted octanol–water partition coefficient (Wildman–Crippen LogP) is 1.50. The van der Waals surface area contributed by atoms with Crippen LogP contribution in [0.2, 0.25) is 0 Å². The van der Waals surface area contributed by atoms with Gasteiger partial charge in [-0.2, -0.15) is 16.9 Å². The summed E-state index contributed by atoms with van der Waals surface area (Å²) in [4.78, 5) is 22.8. The number of hydrogen-bond acceptors (Lipinski definition) is 4. The van der Waals surface area contributed by atoms with E-state index in [1.165, 1.54) is 11.8 Å². The number of urea groups is 1. The molecule has 0 spiro atoms. The minimum absolute atomic E-state index is 0.263. The lowest BCUT2D eigenvalue weighted by molar-refractivity contribution is -0.139. The van der Waals surface area contributed by atoms with Gasteiger partial charge in [0.05, 0.1) is 22.4 Å². The van der Waals surface area contributed by atoms with Crippen molar-refractivity contribution in [1.82, 2.24) is 20.4 Å². The van der Waals surface area contributed by atoms with Gasteiger partial charge >= 0.3 is 12.0 Å². The van der Waals surface area contributed by atoms with Crippen LogP contribution in [0, 0.1) is 6.92 Å². The Labute approximate surface area is 136 Å². The molecule has 0 aliphatic rings. The lowest BCUT2D eigenvalue weighted by Gasteiger charge is -2.14. The molecule has 0 saturated carbocycles. The summed E-state index contributed by atoms with van der Waals surface area (Å²) in [5.74, 6) is -0.360. The fourth-order valence-corrected chi connectivity index (χ4v) is 2.69. The fraction of sp³-hybridized carbons (Fsp3) is 0.583. The second-order valence-corrected chi connectivity index (χ2v) is 6.25. The molecule has 1 rings (SSSR count). The Morgan fingerprint density at radius 2 is 2.19 bits per heavy atom. The highest BCUT2D eigenvalue weighted by molar-refractivity contribution is 9.10. The summed E-state index contributed by atoms with van der Waals surface area (Å²) < 4.78 is 2.50. The fourth-order valence-electron chi connectivity index (χ4n) is 1.74. The molecular weight excluding hydrogens is 360 g/mol. The van der Waals surface area contributed by atoms with Gasteiger partial charge in [0.2, 0.25) is 0 Å². The molecular formula is C12H19BrN4O3S. The minimum atomic E-state index is -1.03. The van der Waals surface area contributed by atoms with E-state index < -0.39 is 18.0 Å². The van der Waals surface area contributed by atoms with Crippen molar-refractivity contribution in [3.05, 3.63) is 15.9 Å². The molecule has 1 aromatic rings. The first-order valence-electron chi connectivity index (χ1n) is 6.30. The summed E-state index contributed by atoms with van der Waals surface area (Å²) in [6.07, 6.45) is 2.28. The van der Waals surface area contributed by atoms with Crippen molar-refractivity contribution in [1.29, 1.82) is 0 Å². The number of amides is 2. The van der Waals surface area contributed by atoms with E-state index in [4.69, 9.17) is 5.11 Å². The molecule has 1 atom stereocenters. The zero-order chi connectivity index (χ0) is 16.0. The van der Waals surface area contributed by atoms with E-state index in [2.05, 4.69) is 31.7 Å². The number of aryl methyl sites for hydroxylation is 2. The first-order chi connectivity index (χ1) is 9.86. The Morgan fingerprint density at radius 3 is 2.67 bits per heavy atom. The number of carboxylic acids is 1. The standard InChI is InChI=1S/C12H19BrN4O3S/c1-7-10(13)9(17(2)16-7)6-14-12(20)15-8(11(18)19)4-5-21-3/h8H,4-6H2,1-3H3,(H,18,19)(H2,14,15,20). The average Bonchev–Trinajstić information content (AvgIpc) is 2.66. The van der Waals surface area contributed by atoms with Crippen molar-refractivity contribution in [2.45, 2.75) is 25.9 Å². The summed E-state index contributed by atoms with van der Waals surface area (Å²) in [5, 5.41) is 18.4. The van der Waals surface area contributed by atoms with Crippen LogP contribution in [-0.2, 0) is 18.4 Å². The molecule has 9 heteroatoms. The van der Waals surface area contributed by atoms with Crippen LogP contribution < -0.4 is 10.6 Å². The number of nitrogens with one attached hydrogen (secondary N) is 2. The monoisotopic (exact) mass is 378 g/mol. The molecule has 0 aliphatic heterocycles. The highest BCUT2D eigenvalue weighted by Crippen LogP contribution is 2.19. The molecule has 0 aromatic carbocycles. The van der Waals surface area contributed by atoms with Crippen LogP contribution in [0.3, 0.4) is 0 Å². The zero-order valence-electron chi connectivity index (χ0n) is 12.1. The second-order valence-electron chi connectivity index (χ2n) is 4.47. The third-order valence-corrected chi connectivity index (χ3v) is 4.57. The average molecular weight is 379 g/mol. The number of carbonyl (C=O) groups excluding carboxylic acids is 1. The summed E-state index contributed by atoms with van der Waals surface area (Å²) in [7, 11) is 1.78. The van der Waals surface area contributed by atoms with E-state index in [9.17, 15) is 9.59 Å². The van der Waals surface area contributed by atoms with E-state index in [1.54, 1.807) is 11.7 Å². The van der Waals surface area contributed by atoms with Crippen molar-refractivity contribution in [2.75, 3.05) is 12.0 Å². The third kappa shape index (κ3) is 5.24. The van der Waals surface area contributed by atoms with E-state index in [0.717, 1.165) is 15.9 Å².